The number of unbranched alkanes of at least 4 members (excludes halogenated alkanes) is 1. The largest absolute Gasteiger partial charge is 0.466 e. The van der Waals surface area contributed by atoms with Crippen LogP contribution in [-0.2, 0) is 95.6 Å². The van der Waals surface area contributed by atoms with E-state index >= 15 is 0 Å². The maximum atomic E-state index is 11.1. The van der Waals surface area contributed by atoms with E-state index in [1.54, 1.807) is 70.6 Å². The molecule has 0 aliphatic carbocycles. The number of methoxy groups -OCH3 is 3. The van der Waals surface area contributed by atoms with Crippen LogP contribution in [0.2, 0.25) is 0 Å². The summed E-state index contributed by atoms with van der Waals surface area (Å²) in [7, 11) is 18.9. The Bertz CT molecular complexity index is 3420. The van der Waals surface area contributed by atoms with Gasteiger partial charge in [0.15, 0.2) is 0 Å². The molecule has 138 heavy (non-hydrogen) atoms. The van der Waals surface area contributed by atoms with Crippen molar-refractivity contribution in [2.45, 2.75) is 221 Å². The number of carbonyl (C=O) groups excluding carboxylic acids is 15. The van der Waals surface area contributed by atoms with Crippen molar-refractivity contribution in [1.29, 1.82) is 0 Å². The number of rotatable bonds is 40. The number of imide groups is 4. The van der Waals surface area contributed by atoms with Crippen LogP contribution in [0.4, 0.5) is 11.4 Å². The molecule has 38 heteroatoms. The first kappa shape index (κ1) is 146. The first-order valence-electron chi connectivity index (χ1n) is 47.6. The summed E-state index contributed by atoms with van der Waals surface area (Å²) in [5, 5.41) is 39.5. The highest BCUT2D eigenvalue weighted by Gasteiger charge is 2.32. The highest BCUT2D eigenvalue weighted by atomic mass is 32.2. The van der Waals surface area contributed by atoms with Gasteiger partial charge in [0.1, 0.15) is 13.2 Å². The van der Waals surface area contributed by atoms with E-state index in [2.05, 4.69) is 153 Å². The average molecular weight is 1980 g/mol. The zero-order valence-electron chi connectivity index (χ0n) is 90.2. The van der Waals surface area contributed by atoms with Crippen molar-refractivity contribution in [3.05, 3.63) is 84.5 Å². The molecule has 3 fully saturated rings. The molecule has 3 saturated heterocycles. The van der Waals surface area contributed by atoms with Crippen LogP contribution in [0.25, 0.3) is 0 Å². The summed E-state index contributed by atoms with van der Waals surface area (Å²) < 4.78 is 23.5. The van der Waals surface area contributed by atoms with Gasteiger partial charge in [0.2, 0.25) is 53.2 Å². The smallest absolute Gasteiger partial charge is 0.302 e. The predicted molar refractivity (Wildman–Crippen MR) is 554 cm³/mol. The molecule has 0 spiro atoms. The summed E-state index contributed by atoms with van der Waals surface area (Å²) in [6.45, 7) is 52.2. The van der Waals surface area contributed by atoms with Gasteiger partial charge in [-0.3, -0.25) is 91.5 Å². The van der Waals surface area contributed by atoms with E-state index < -0.39 is 0 Å². The van der Waals surface area contributed by atoms with Crippen LogP contribution in [-0.4, -0.2) is 372 Å². The van der Waals surface area contributed by atoms with E-state index in [9.17, 15) is 71.9 Å². The number of ether oxygens (including phenoxy) is 5. The molecule has 2 aromatic carbocycles. The number of amides is 14. The molecule has 14 amide bonds. The van der Waals surface area contributed by atoms with Crippen molar-refractivity contribution in [2.24, 2.45) is 11.8 Å². The molecule has 2 aromatic rings. The van der Waals surface area contributed by atoms with Crippen LogP contribution in [0, 0.1) is 18.8 Å². The molecule has 800 valence electrons. The molecular formula is C100H186N14O23S. The number of hydrogen-bond donors (Lipinski definition) is 8. The van der Waals surface area contributed by atoms with E-state index in [1.807, 2.05) is 63.1 Å². The lowest BCUT2D eigenvalue weighted by molar-refractivity contribution is -0.156. The van der Waals surface area contributed by atoms with Crippen molar-refractivity contribution in [3.8, 4) is 0 Å². The summed E-state index contributed by atoms with van der Waals surface area (Å²) >= 11 is 1.84. The highest BCUT2D eigenvalue weighted by Crippen LogP contribution is 2.18. The van der Waals surface area contributed by atoms with E-state index in [4.69, 9.17) is 29.5 Å². The van der Waals surface area contributed by atoms with E-state index in [-0.39, 0.29) is 127 Å². The second-order valence-corrected chi connectivity index (χ2v) is 33.1. The molecule has 37 nitrogen and oxygen atoms in total. The zero-order valence-corrected chi connectivity index (χ0v) is 91.0. The van der Waals surface area contributed by atoms with Crippen LogP contribution in [0.3, 0.4) is 0 Å². The monoisotopic (exact) mass is 1980 g/mol. The summed E-state index contributed by atoms with van der Waals surface area (Å²) in [6.07, 6.45) is 14.7. The second-order valence-electron chi connectivity index (χ2n) is 31.7. The third-order valence-corrected chi connectivity index (χ3v) is 19.5. The normalized spacial score (nSPS) is 12.9. The van der Waals surface area contributed by atoms with Crippen LogP contribution in [0.1, 0.15) is 214 Å². The molecule has 0 aromatic heterocycles. The quantitative estimate of drug-likeness (QED) is 0.0133. The topological polar surface area (TPSA) is 452 Å². The standard InChI is InChI=1S/C10H13NO.C10H21NO.C10H15N.2C8H17NO3.C7H17N.C6H9NO2.C6H7NO2.C6H13NO2.C6H13NOS.C5H7NO3.C5H5NO2.C5H13N.C4H11NO.C4H8O2/c1-3-11(9(2)12)10-7-5-4-6-8-10;1-8(2)6-5-7-9(3)11-10(4)12;1-4-11(3)10-7-5-6-9(2)8-10;1-8(10)9(4-6-11-2)5-7-12-3;1-8(12)9(4-2-6-10)5-3-7-11;1-4-6-8(3)7-5-2;2*1-4-3-5(8)7(2)6(4)9;1-6(8)7-4-3-5-9-2;1-3-9-5-4-7-6(2)8;1-6-4(7)2-9-3-5(6)8;1-6-4(7)2-3-5(6)8;1-3-4-5-6-2;1-5-3-2-4-6;1-3-6-4(2)5/h4-8H,3H2,1-2H3;8-9H,5-7H2,1-4H3,(H,11,12);5-8H,4H2,1-3H3;4-7H2,1-3H3;10-11H,2-7H2,1H3;4-7H2,1-3H3;4H,3H2,1-2H3;1,3H2,2H3;2*3-5H2,1-2H3,(H,7,8);2-3H2,1H3;2-3H,1H3;6H,3-5H2,1-2H3;5-6H,2-4H2,1H3;3H2,1-2H3. The number of para-hydroxylation sites is 1. The number of likely N-dealkylation sites (N-methyl/N-ethyl adjacent to an activating group) is 3. The number of anilines is 2. The van der Waals surface area contributed by atoms with Gasteiger partial charge in [-0.05, 0) is 175 Å². The lowest BCUT2D eigenvalue weighted by atomic mass is 10.0. The van der Waals surface area contributed by atoms with E-state index in [0.29, 0.717) is 96.6 Å². The van der Waals surface area contributed by atoms with Gasteiger partial charge >= 0.3 is 5.97 Å². The van der Waals surface area contributed by atoms with Crippen LogP contribution in [0.5, 0.6) is 0 Å². The number of likely N-dealkylation sites (tertiary alicyclic amines) is 2. The van der Waals surface area contributed by atoms with Crippen molar-refractivity contribution >= 4 is 112 Å². The molecule has 0 radical (unpaired) electrons. The molecular weight excluding hydrogens is 1800 g/mol. The van der Waals surface area contributed by atoms with Gasteiger partial charge in [0.05, 0.1) is 26.2 Å². The molecule has 0 saturated carbocycles. The molecule has 6 rings (SSSR count). The maximum Gasteiger partial charge on any atom is 0.302 e. The summed E-state index contributed by atoms with van der Waals surface area (Å²) in [4.78, 5) is 173. The minimum absolute atomic E-state index is 0.00287. The number of nitrogens with zero attached hydrogens (tertiary/aromatic N) is 9. The third kappa shape index (κ3) is 95.4. The van der Waals surface area contributed by atoms with Crippen molar-refractivity contribution in [1.82, 2.24) is 60.9 Å². The summed E-state index contributed by atoms with van der Waals surface area (Å²) in [6, 6.07) is 18.6. The van der Waals surface area contributed by atoms with Gasteiger partial charge in [0.25, 0.3) is 29.5 Å². The molecule has 4 aliphatic heterocycles. The minimum atomic E-state index is -0.272. The maximum absolute atomic E-state index is 11.1. The van der Waals surface area contributed by atoms with Crippen LogP contribution in [0.15, 0.2) is 78.9 Å². The summed E-state index contributed by atoms with van der Waals surface area (Å²) in [5.74, 6) is 1.36. The SMILES string of the molecule is C=C1CC(=O)N(C)C1=O.CC(=O)N(CCCO)CCCO.CC(=O)NC(C)CCCC(C)C.CC1CC(=O)N(C)C1=O.CCCCNC.CCCN(C)CCC.CCN(C(C)=O)c1ccccc1.CCN(C)c1cccc(C)c1.CCOC(C)=O.CCSCCNC(C)=O.CN1C(=O)C=CC1=O.CN1C(=O)COCC1=O.CNCCCO.COCCCNC(C)=O.COCCN(CCOC)C(C)=O. The minimum Gasteiger partial charge on any atom is -0.466 e. The van der Waals surface area contributed by atoms with E-state index in [0.717, 1.165) is 89.8 Å². The molecule has 8 N–H and O–H groups in total. The lowest BCUT2D eigenvalue weighted by Gasteiger charge is -2.19. The van der Waals surface area contributed by atoms with Crippen LogP contribution >= 0.6 is 11.8 Å². The van der Waals surface area contributed by atoms with Crippen molar-refractivity contribution in [2.75, 3.05) is 237 Å². The lowest BCUT2D eigenvalue weighted by Crippen LogP contribution is -2.43. The number of esters is 1. The number of hydrogen-bond acceptors (Lipinski definition) is 28. The van der Waals surface area contributed by atoms with Gasteiger partial charge in [0, 0.05) is 237 Å². The number of nitrogens with one attached hydrogen (secondary N) is 5. The number of thioether (sulfide) groups is 1. The van der Waals surface area contributed by atoms with Gasteiger partial charge in [-0.1, -0.05) is 105 Å². The number of carbonyl (C=O) groups is 15. The molecule has 4 aliphatic rings. The first-order chi connectivity index (χ1) is 65.1. The fraction of sp³-hybridized carbons (Fsp3) is 0.690. The van der Waals surface area contributed by atoms with E-state index in [1.165, 1.54) is 136 Å². The Hall–Kier alpha value is -9.48. The van der Waals surface area contributed by atoms with Gasteiger partial charge < -0.3 is 90.1 Å². The fourth-order valence-electron chi connectivity index (χ4n) is 10.6. The number of aliphatic hydroxyl groups is 3. The Morgan fingerprint density at radius 2 is 1.01 bits per heavy atom. The fourth-order valence-corrected chi connectivity index (χ4v) is 11.1. The molecule has 2 unspecified atom stereocenters. The van der Waals surface area contributed by atoms with Gasteiger partial charge in [-0.15, -0.1) is 0 Å². The van der Waals surface area contributed by atoms with Gasteiger partial charge in [-0.25, -0.2) is 0 Å². The molecule has 0 bridgehead atoms. The Labute approximate surface area is 833 Å². The Morgan fingerprint density at radius 3 is 1.30 bits per heavy atom. The first-order valence-corrected chi connectivity index (χ1v) is 48.8. The second kappa shape index (κ2) is 102. The summed E-state index contributed by atoms with van der Waals surface area (Å²) in [5.41, 5.74) is 3.98. The Balaban J connectivity index is -0.000000185. The Morgan fingerprint density at radius 1 is 0.529 bits per heavy atom. The Kier molecular flexibility index (Phi) is 108. The predicted octanol–water partition coefficient (Wildman–Crippen LogP) is 9.00. The molecule has 2 atom stereocenters. The number of aliphatic hydroxyl groups excluding tert-OH is 3. The molecule has 4 heterocycles. The van der Waals surface area contributed by atoms with Crippen molar-refractivity contribution in [3.63, 3.8) is 0 Å². The number of benzene rings is 2. The van der Waals surface area contributed by atoms with Crippen molar-refractivity contribution < 1.29 is 111 Å². The number of aryl methyl sites for hydroxylation is 1. The number of morpholine rings is 1. The van der Waals surface area contributed by atoms with Crippen LogP contribution < -0.4 is 36.4 Å². The highest BCUT2D eigenvalue weighted by molar-refractivity contribution is 7.99. The average Bonchev–Trinajstić information content (AvgIpc) is 1.73. The third-order valence-electron chi connectivity index (χ3n) is 18.6. The van der Waals surface area contributed by atoms with Gasteiger partial charge in [-0.2, -0.15) is 11.8 Å². The zero-order chi connectivity index (χ0) is 108.